The normalized spacial score (nSPS) is 13.1. The largest absolute Gasteiger partial charge is 0.493 e. The van der Waals surface area contributed by atoms with Crippen LogP contribution in [0.2, 0.25) is 0 Å². The molecular weight excluding hydrogens is 470 g/mol. The van der Waals surface area contributed by atoms with E-state index in [1.54, 1.807) is 0 Å². The fourth-order valence-electron chi connectivity index (χ4n) is 3.61. The van der Waals surface area contributed by atoms with Crippen LogP contribution in [0.1, 0.15) is 58.3 Å². The van der Waals surface area contributed by atoms with Crippen molar-refractivity contribution in [2.45, 2.75) is 64.3 Å². The molecule has 1 atom stereocenters. The Hall–Kier alpha value is -1.88. The number of aliphatic carboxylic acids is 1. The summed E-state index contributed by atoms with van der Waals surface area (Å²) < 4.78 is 41.2. The second-order valence-electron chi connectivity index (χ2n) is 10.0. The van der Waals surface area contributed by atoms with Crippen LogP contribution in [0.5, 0.6) is 11.5 Å². The molecule has 0 heterocycles. The topological polar surface area (TPSA) is 105 Å². The maximum Gasteiger partial charge on any atom is 0.305 e. The number of ether oxygens (including phenoxy) is 2. The highest BCUT2D eigenvalue weighted by Crippen LogP contribution is 2.20. The van der Waals surface area contributed by atoms with Crippen LogP contribution >= 0.6 is 0 Å². The Morgan fingerprint density at radius 3 is 2.11 bits per heavy atom. The van der Waals surface area contributed by atoms with Gasteiger partial charge < -0.3 is 19.1 Å². The van der Waals surface area contributed by atoms with Crippen LogP contribution in [0.25, 0.3) is 0 Å². The zero-order valence-corrected chi connectivity index (χ0v) is 23.0. The molecule has 1 rings (SSSR count). The van der Waals surface area contributed by atoms with Crippen molar-refractivity contribution >= 4 is 16.2 Å². The average Bonchev–Trinajstić information content (AvgIpc) is 2.74. The molecule has 35 heavy (non-hydrogen) atoms. The van der Waals surface area contributed by atoms with Crippen molar-refractivity contribution in [2.75, 3.05) is 54.5 Å². The van der Waals surface area contributed by atoms with E-state index >= 15 is 0 Å². The quantitative estimate of drug-likeness (QED) is 0.203. The van der Waals surface area contributed by atoms with Gasteiger partial charge in [0.25, 0.3) is 10.2 Å². The summed E-state index contributed by atoms with van der Waals surface area (Å²) in [7, 11) is 3.43. The summed E-state index contributed by atoms with van der Waals surface area (Å²) in [6.07, 6.45) is 6.69. The fraction of sp³-hybridized carbons (Fsp3) is 0.720. The Kier molecular flexibility index (Phi) is 14.2. The Balaban J connectivity index is 2.35. The second-order valence-corrected chi connectivity index (χ2v) is 11.8. The van der Waals surface area contributed by atoms with Gasteiger partial charge in [-0.15, -0.1) is 0 Å². The SMILES string of the molecule is CCCCCCOc1cccc(OCCCCCN(C)S(=O)(=O)N[C@H](CC(=O)O)C[N+](C)(C)C)c1. The van der Waals surface area contributed by atoms with Crippen LogP contribution in [0.4, 0.5) is 0 Å². The van der Waals surface area contributed by atoms with E-state index in [4.69, 9.17) is 14.6 Å². The number of carboxylic acid groups (broad SMARTS) is 1. The summed E-state index contributed by atoms with van der Waals surface area (Å²) in [6, 6.07) is 6.97. The summed E-state index contributed by atoms with van der Waals surface area (Å²) >= 11 is 0. The van der Waals surface area contributed by atoms with Gasteiger partial charge in [0, 0.05) is 19.7 Å². The first-order valence-corrected chi connectivity index (χ1v) is 14.0. The molecule has 0 fully saturated rings. The van der Waals surface area contributed by atoms with Crippen LogP contribution in [-0.4, -0.2) is 88.8 Å². The summed E-state index contributed by atoms with van der Waals surface area (Å²) in [5, 5.41) is 9.13. The van der Waals surface area contributed by atoms with Gasteiger partial charge in [-0.3, -0.25) is 4.79 Å². The predicted molar refractivity (Wildman–Crippen MR) is 139 cm³/mol. The minimum atomic E-state index is -3.77. The van der Waals surface area contributed by atoms with Gasteiger partial charge in [-0.05, 0) is 37.8 Å². The lowest BCUT2D eigenvalue weighted by Crippen LogP contribution is -2.52. The van der Waals surface area contributed by atoms with Gasteiger partial charge >= 0.3 is 5.97 Å². The van der Waals surface area contributed by atoms with E-state index in [0.29, 0.717) is 37.2 Å². The predicted octanol–water partition coefficient (Wildman–Crippen LogP) is 3.51. The van der Waals surface area contributed by atoms with Gasteiger partial charge in [0.1, 0.15) is 11.5 Å². The molecule has 0 spiro atoms. The summed E-state index contributed by atoms with van der Waals surface area (Å²) in [4.78, 5) is 11.2. The molecule has 1 aromatic rings. The number of hydrogen-bond acceptors (Lipinski definition) is 5. The van der Waals surface area contributed by atoms with Crippen LogP contribution in [-0.2, 0) is 15.0 Å². The molecule has 0 saturated carbocycles. The Morgan fingerprint density at radius 2 is 1.60 bits per heavy atom. The number of likely N-dealkylation sites (N-methyl/N-ethyl adjacent to an activating group) is 1. The van der Waals surface area contributed by atoms with Crippen molar-refractivity contribution in [1.82, 2.24) is 9.03 Å². The molecule has 0 saturated heterocycles. The molecule has 0 unspecified atom stereocenters. The van der Waals surface area contributed by atoms with E-state index in [0.717, 1.165) is 30.8 Å². The second kappa shape index (κ2) is 16.0. The molecule has 0 amide bonds. The van der Waals surface area contributed by atoms with Gasteiger partial charge in [-0.2, -0.15) is 17.4 Å². The lowest BCUT2D eigenvalue weighted by molar-refractivity contribution is -0.871. The van der Waals surface area contributed by atoms with Crippen molar-refractivity contribution in [1.29, 1.82) is 0 Å². The van der Waals surface area contributed by atoms with Gasteiger partial charge in [-0.1, -0.05) is 32.3 Å². The van der Waals surface area contributed by atoms with Crippen molar-refractivity contribution in [3.05, 3.63) is 24.3 Å². The molecule has 202 valence electrons. The molecule has 0 radical (unpaired) electrons. The number of nitrogens with zero attached hydrogens (tertiary/aromatic N) is 2. The molecule has 0 aliphatic heterocycles. The van der Waals surface area contributed by atoms with E-state index in [-0.39, 0.29) is 6.42 Å². The van der Waals surface area contributed by atoms with E-state index in [1.807, 2.05) is 45.4 Å². The highest BCUT2D eigenvalue weighted by atomic mass is 32.2. The minimum Gasteiger partial charge on any atom is -0.493 e. The molecule has 0 aliphatic rings. The smallest absolute Gasteiger partial charge is 0.305 e. The van der Waals surface area contributed by atoms with E-state index in [2.05, 4.69) is 11.6 Å². The molecular formula is C25H46N3O6S+. The highest BCUT2D eigenvalue weighted by molar-refractivity contribution is 7.87. The number of hydrogen-bond donors (Lipinski definition) is 2. The Labute approximate surface area is 212 Å². The van der Waals surface area contributed by atoms with Crippen molar-refractivity contribution in [3.63, 3.8) is 0 Å². The van der Waals surface area contributed by atoms with Crippen LogP contribution in [0, 0.1) is 0 Å². The van der Waals surface area contributed by atoms with Crippen LogP contribution in [0.3, 0.4) is 0 Å². The fourth-order valence-corrected chi connectivity index (χ4v) is 4.74. The molecule has 1 aromatic carbocycles. The van der Waals surface area contributed by atoms with Gasteiger partial charge in [-0.25, -0.2) is 0 Å². The summed E-state index contributed by atoms with van der Waals surface area (Å²) in [6.45, 7) is 4.16. The lowest BCUT2D eigenvalue weighted by atomic mass is 10.2. The molecule has 2 N–H and O–H groups in total. The van der Waals surface area contributed by atoms with Gasteiger partial charge in [0.05, 0.1) is 53.4 Å². The average molecular weight is 517 g/mol. The Bertz CT molecular complexity index is 842. The third kappa shape index (κ3) is 15.0. The van der Waals surface area contributed by atoms with Crippen LogP contribution in [0.15, 0.2) is 24.3 Å². The summed E-state index contributed by atoms with van der Waals surface area (Å²) in [5.41, 5.74) is 0. The van der Waals surface area contributed by atoms with Crippen molar-refractivity contribution in [2.24, 2.45) is 0 Å². The zero-order chi connectivity index (χ0) is 26.3. The first-order valence-electron chi connectivity index (χ1n) is 12.5. The maximum atomic E-state index is 12.7. The number of nitrogens with one attached hydrogen (secondary N) is 1. The van der Waals surface area contributed by atoms with E-state index in [1.165, 1.54) is 30.6 Å². The number of rotatable bonds is 20. The van der Waals surface area contributed by atoms with Gasteiger partial charge in [0.15, 0.2) is 0 Å². The Morgan fingerprint density at radius 1 is 1.03 bits per heavy atom. The van der Waals surface area contributed by atoms with E-state index in [9.17, 15) is 13.2 Å². The third-order valence-corrected chi connectivity index (χ3v) is 7.01. The summed E-state index contributed by atoms with van der Waals surface area (Å²) in [5.74, 6) is 0.546. The highest BCUT2D eigenvalue weighted by Gasteiger charge is 2.28. The maximum absolute atomic E-state index is 12.7. The number of carbonyl (C=O) groups is 1. The standard InChI is InChI=1S/C25H45N3O6S/c1-6-7-8-11-17-33-23-14-13-15-24(20-23)34-18-12-9-10-16-27(2)35(31,32)26-22(19-25(29)30)21-28(3,4)5/h13-15,20,22,26H,6-12,16-19,21H2,1-5H3/p+1/t22-/m1/s1. The molecule has 0 aromatic heterocycles. The van der Waals surface area contributed by atoms with Crippen LogP contribution < -0.4 is 14.2 Å². The molecule has 9 nitrogen and oxygen atoms in total. The molecule has 10 heteroatoms. The number of quaternary nitrogens is 1. The zero-order valence-electron chi connectivity index (χ0n) is 22.2. The number of carboxylic acids is 1. The van der Waals surface area contributed by atoms with Gasteiger partial charge in [0.2, 0.25) is 0 Å². The number of benzene rings is 1. The molecule has 0 bridgehead atoms. The minimum absolute atomic E-state index is 0.259. The lowest BCUT2D eigenvalue weighted by Gasteiger charge is -2.30. The van der Waals surface area contributed by atoms with Crippen molar-refractivity contribution < 1.29 is 32.3 Å². The molecule has 0 aliphatic carbocycles. The third-order valence-electron chi connectivity index (χ3n) is 5.37. The first-order chi connectivity index (χ1) is 16.4. The first kappa shape index (κ1) is 31.2. The van der Waals surface area contributed by atoms with Crippen molar-refractivity contribution in [3.8, 4) is 11.5 Å². The number of unbranched alkanes of at least 4 members (excludes halogenated alkanes) is 5. The monoisotopic (exact) mass is 516 g/mol. The van der Waals surface area contributed by atoms with E-state index < -0.39 is 22.2 Å².